The van der Waals surface area contributed by atoms with Crippen molar-refractivity contribution in [3.8, 4) is 0 Å². The zero-order chi connectivity index (χ0) is 11.7. The molecule has 1 unspecified atom stereocenters. The Labute approximate surface area is 94.0 Å². The molecule has 3 nitrogen and oxygen atoms in total. The molecule has 90 valence electrons. The molecule has 0 spiro atoms. The standard InChI is InChI=1S/C12H26N2O/c1-5-11(4)8-13-9-12(15)14-7-6-10(2)3/h10-11,13H,5-9H2,1-4H3,(H,14,15). The van der Waals surface area contributed by atoms with Crippen molar-refractivity contribution in [2.75, 3.05) is 19.6 Å². The number of carbonyl (C=O) groups is 1. The Kier molecular flexibility index (Phi) is 8.38. The topological polar surface area (TPSA) is 41.1 Å². The van der Waals surface area contributed by atoms with Crippen molar-refractivity contribution in [2.24, 2.45) is 11.8 Å². The normalized spacial score (nSPS) is 12.9. The van der Waals surface area contributed by atoms with Crippen LogP contribution in [0.1, 0.15) is 40.5 Å². The Balaban J connectivity index is 3.33. The Morgan fingerprint density at radius 3 is 2.47 bits per heavy atom. The molecular weight excluding hydrogens is 188 g/mol. The zero-order valence-corrected chi connectivity index (χ0v) is 10.6. The SMILES string of the molecule is CCC(C)CNCC(=O)NCCC(C)C. The van der Waals surface area contributed by atoms with E-state index in [-0.39, 0.29) is 5.91 Å². The summed E-state index contributed by atoms with van der Waals surface area (Å²) in [6.45, 7) is 10.8. The summed E-state index contributed by atoms with van der Waals surface area (Å²) in [5, 5.41) is 6.07. The van der Waals surface area contributed by atoms with Crippen molar-refractivity contribution in [3.63, 3.8) is 0 Å². The van der Waals surface area contributed by atoms with Crippen molar-refractivity contribution in [2.45, 2.75) is 40.5 Å². The summed E-state index contributed by atoms with van der Waals surface area (Å²) < 4.78 is 0. The zero-order valence-electron chi connectivity index (χ0n) is 10.6. The quantitative estimate of drug-likeness (QED) is 0.647. The van der Waals surface area contributed by atoms with Crippen LogP contribution < -0.4 is 10.6 Å². The Morgan fingerprint density at radius 1 is 1.27 bits per heavy atom. The molecule has 3 heteroatoms. The van der Waals surface area contributed by atoms with E-state index >= 15 is 0 Å². The van der Waals surface area contributed by atoms with Gasteiger partial charge in [-0.15, -0.1) is 0 Å². The van der Waals surface area contributed by atoms with E-state index in [1.54, 1.807) is 0 Å². The average Bonchev–Trinajstić information content (AvgIpc) is 2.17. The summed E-state index contributed by atoms with van der Waals surface area (Å²) in [4.78, 5) is 11.3. The highest BCUT2D eigenvalue weighted by molar-refractivity contribution is 5.77. The summed E-state index contributed by atoms with van der Waals surface area (Å²) >= 11 is 0. The highest BCUT2D eigenvalue weighted by Crippen LogP contribution is 1.97. The van der Waals surface area contributed by atoms with Crippen molar-refractivity contribution in [1.29, 1.82) is 0 Å². The Morgan fingerprint density at radius 2 is 1.93 bits per heavy atom. The lowest BCUT2D eigenvalue weighted by Crippen LogP contribution is -2.36. The third-order valence-corrected chi connectivity index (χ3v) is 2.52. The monoisotopic (exact) mass is 214 g/mol. The van der Waals surface area contributed by atoms with E-state index in [4.69, 9.17) is 0 Å². The molecule has 0 fully saturated rings. The summed E-state index contributed by atoms with van der Waals surface area (Å²) in [6.07, 6.45) is 2.21. The molecule has 2 N–H and O–H groups in total. The van der Waals surface area contributed by atoms with Gasteiger partial charge in [0.25, 0.3) is 0 Å². The molecule has 15 heavy (non-hydrogen) atoms. The van der Waals surface area contributed by atoms with Gasteiger partial charge in [-0.25, -0.2) is 0 Å². The van der Waals surface area contributed by atoms with E-state index in [1.807, 2.05) is 0 Å². The predicted molar refractivity (Wildman–Crippen MR) is 64.8 cm³/mol. The second-order valence-electron chi connectivity index (χ2n) is 4.68. The fourth-order valence-electron chi connectivity index (χ4n) is 1.14. The predicted octanol–water partition coefficient (Wildman–Crippen LogP) is 1.78. The van der Waals surface area contributed by atoms with Crippen molar-refractivity contribution in [3.05, 3.63) is 0 Å². The van der Waals surface area contributed by atoms with Gasteiger partial charge in [0.15, 0.2) is 0 Å². The van der Waals surface area contributed by atoms with Crippen LogP contribution in [-0.4, -0.2) is 25.5 Å². The number of amides is 1. The minimum absolute atomic E-state index is 0.110. The molecule has 0 saturated carbocycles. The van der Waals surface area contributed by atoms with Crippen molar-refractivity contribution >= 4 is 5.91 Å². The van der Waals surface area contributed by atoms with Crippen LogP contribution in [-0.2, 0) is 4.79 Å². The van der Waals surface area contributed by atoms with Gasteiger partial charge in [0.05, 0.1) is 6.54 Å². The van der Waals surface area contributed by atoms with Crippen LogP contribution in [0.4, 0.5) is 0 Å². The molecule has 0 aliphatic carbocycles. The van der Waals surface area contributed by atoms with E-state index in [1.165, 1.54) is 0 Å². The van der Waals surface area contributed by atoms with E-state index < -0.39 is 0 Å². The number of carbonyl (C=O) groups excluding carboxylic acids is 1. The molecule has 1 amide bonds. The molecular formula is C12H26N2O. The molecule has 0 rings (SSSR count). The largest absolute Gasteiger partial charge is 0.355 e. The first-order valence-electron chi connectivity index (χ1n) is 6.03. The molecule has 0 aliphatic rings. The van der Waals surface area contributed by atoms with E-state index in [0.29, 0.717) is 18.4 Å². The van der Waals surface area contributed by atoms with Gasteiger partial charge >= 0.3 is 0 Å². The molecule has 0 radical (unpaired) electrons. The maximum absolute atomic E-state index is 11.3. The third kappa shape index (κ3) is 9.73. The lowest BCUT2D eigenvalue weighted by Gasteiger charge is -2.10. The maximum atomic E-state index is 11.3. The Hall–Kier alpha value is -0.570. The lowest BCUT2D eigenvalue weighted by atomic mass is 10.1. The molecule has 1 atom stereocenters. The van der Waals surface area contributed by atoms with Gasteiger partial charge in [0.1, 0.15) is 0 Å². The van der Waals surface area contributed by atoms with Crippen LogP contribution in [0.5, 0.6) is 0 Å². The second kappa shape index (κ2) is 8.72. The smallest absolute Gasteiger partial charge is 0.233 e. The summed E-state index contributed by atoms with van der Waals surface area (Å²) in [7, 11) is 0. The fourth-order valence-corrected chi connectivity index (χ4v) is 1.14. The average molecular weight is 214 g/mol. The molecule has 0 aromatic rings. The molecule has 0 bridgehead atoms. The van der Waals surface area contributed by atoms with Gasteiger partial charge in [-0.05, 0) is 24.8 Å². The van der Waals surface area contributed by atoms with Gasteiger partial charge in [-0.3, -0.25) is 4.79 Å². The highest BCUT2D eigenvalue weighted by Gasteiger charge is 2.02. The van der Waals surface area contributed by atoms with Crippen LogP contribution in [0, 0.1) is 11.8 Å². The van der Waals surface area contributed by atoms with Gasteiger partial charge < -0.3 is 10.6 Å². The molecule has 0 aromatic carbocycles. The van der Waals surface area contributed by atoms with Crippen molar-refractivity contribution in [1.82, 2.24) is 10.6 Å². The fraction of sp³-hybridized carbons (Fsp3) is 0.917. The third-order valence-electron chi connectivity index (χ3n) is 2.52. The molecule has 0 heterocycles. The number of nitrogens with one attached hydrogen (secondary N) is 2. The first-order chi connectivity index (χ1) is 7.06. The summed E-state index contributed by atoms with van der Waals surface area (Å²) in [6, 6.07) is 0. The number of hydrogen-bond donors (Lipinski definition) is 2. The second-order valence-corrected chi connectivity index (χ2v) is 4.68. The van der Waals surface area contributed by atoms with Crippen LogP contribution in [0.3, 0.4) is 0 Å². The summed E-state index contributed by atoms with van der Waals surface area (Å²) in [5.74, 6) is 1.41. The van der Waals surface area contributed by atoms with Gasteiger partial charge in [0, 0.05) is 6.54 Å². The van der Waals surface area contributed by atoms with Crippen LogP contribution >= 0.6 is 0 Å². The van der Waals surface area contributed by atoms with E-state index in [0.717, 1.165) is 25.9 Å². The maximum Gasteiger partial charge on any atom is 0.233 e. The minimum Gasteiger partial charge on any atom is -0.355 e. The van der Waals surface area contributed by atoms with Crippen LogP contribution in [0.15, 0.2) is 0 Å². The lowest BCUT2D eigenvalue weighted by molar-refractivity contribution is -0.120. The summed E-state index contributed by atoms with van der Waals surface area (Å²) in [5.41, 5.74) is 0. The molecule has 0 saturated heterocycles. The van der Waals surface area contributed by atoms with Crippen LogP contribution in [0.2, 0.25) is 0 Å². The molecule has 0 aromatic heterocycles. The van der Waals surface area contributed by atoms with E-state index in [9.17, 15) is 4.79 Å². The van der Waals surface area contributed by atoms with Crippen molar-refractivity contribution < 1.29 is 4.79 Å². The first-order valence-corrected chi connectivity index (χ1v) is 6.03. The first kappa shape index (κ1) is 14.4. The van der Waals surface area contributed by atoms with Gasteiger partial charge in [-0.1, -0.05) is 34.1 Å². The van der Waals surface area contributed by atoms with Crippen LogP contribution in [0.25, 0.3) is 0 Å². The van der Waals surface area contributed by atoms with E-state index in [2.05, 4.69) is 38.3 Å². The minimum atomic E-state index is 0.110. The number of rotatable bonds is 8. The Bertz CT molecular complexity index is 169. The van der Waals surface area contributed by atoms with Gasteiger partial charge in [-0.2, -0.15) is 0 Å². The van der Waals surface area contributed by atoms with Gasteiger partial charge in [0.2, 0.25) is 5.91 Å². The molecule has 0 aliphatic heterocycles. The highest BCUT2D eigenvalue weighted by atomic mass is 16.1. The number of hydrogen-bond acceptors (Lipinski definition) is 2.